The second kappa shape index (κ2) is 7.41. The third-order valence-corrected chi connectivity index (χ3v) is 4.51. The number of carbonyl (C=O) groups is 2. The first kappa shape index (κ1) is 17.0. The zero-order valence-electron chi connectivity index (χ0n) is 14.7. The van der Waals surface area contributed by atoms with Crippen LogP contribution in [-0.2, 0) is 16.1 Å². The van der Waals surface area contributed by atoms with Crippen molar-refractivity contribution in [3.63, 3.8) is 0 Å². The van der Waals surface area contributed by atoms with Crippen LogP contribution in [0.3, 0.4) is 0 Å². The minimum Gasteiger partial charge on any atom is -0.345 e. The van der Waals surface area contributed by atoms with Gasteiger partial charge in [-0.2, -0.15) is 0 Å². The average molecular weight is 361 g/mol. The number of benzene rings is 1. The zero-order chi connectivity index (χ0) is 18.6. The molecule has 3 heterocycles. The summed E-state index contributed by atoms with van der Waals surface area (Å²) in [6.45, 7) is 1.07. The molecule has 3 aromatic rings. The Bertz CT molecular complexity index is 1010. The monoisotopic (exact) mass is 361 g/mol. The lowest BCUT2D eigenvalue weighted by atomic mass is 10.2. The summed E-state index contributed by atoms with van der Waals surface area (Å²) >= 11 is 0. The first-order valence-electron chi connectivity index (χ1n) is 8.86. The van der Waals surface area contributed by atoms with Crippen molar-refractivity contribution in [2.24, 2.45) is 0 Å². The van der Waals surface area contributed by atoms with Gasteiger partial charge < -0.3 is 10.2 Å². The highest BCUT2D eigenvalue weighted by molar-refractivity contribution is 5.95. The number of hydrogen-bond donors (Lipinski definition) is 1. The van der Waals surface area contributed by atoms with E-state index in [4.69, 9.17) is 0 Å². The van der Waals surface area contributed by atoms with Crippen molar-refractivity contribution in [2.75, 3.05) is 11.4 Å². The molecule has 1 aromatic carbocycles. The van der Waals surface area contributed by atoms with Gasteiger partial charge in [-0.15, -0.1) is 10.2 Å². The van der Waals surface area contributed by atoms with Crippen LogP contribution in [-0.4, -0.2) is 33.0 Å². The molecule has 1 N–H and O–H groups in total. The highest BCUT2D eigenvalue weighted by Crippen LogP contribution is 2.21. The normalized spacial score (nSPS) is 14.4. The number of anilines is 1. The van der Waals surface area contributed by atoms with Gasteiger partial charge in [0.15, 0.2) is 11.5 Å². The molecule has 0 bridgehead atoms. The van der Waals surface area contributed by atoms with Crippen LogP contribution in [0.4, 0.5) is 5.69 Å². The molecule has 1 aliphatic rings. The van der Waals surface area contributed by atoms with Gasteiger partial charge in [-0.25, -0.2) is 0 Å². The number of nitrogens with one attached hydrogen (secondary N) is 1. The van der Waals surface area contributed by atoms with Crippen molar-refractivity contribution in [2.45, 2.75) is 19.4 Å². The summed E-state index contributed by atoms with van der Waals surface area (Å²) in [5.41, 5.74) is 2.54. The fraction of sp³-hybridized carbons (Fsp3) is 0.200. The van der Waals surface area contributed by atoms with Crippen LogP contribution in [0, 0.1) is 0 Å². The summed E-state index contributed by atoms with van der Waals surface area (Å²) in [4.78, 5) is 25.6. The number of nitrogens with zero attached hydrogens (tertiary/aromatic N) is 4. The van der Waals surface area contributed by atoms with Gasteiger partial charge in [-0.05, 0) is 42.3 Å². The van der Waals surface area contributed by atoms with Crippen LogP contribution in [0.5, 0.6) is 0 Å². The van der Waals surface area contributed by atoms with Gasteiger partial charge in [0.05, 0.1) is 6.54 Å². The molecule has 27 heavy (non-hydrogen) atoms. The summed E-state index contributed by atoms with van der Waals surface area (Å²) in [6.07, 6.45) is 6.61. The maximum absolute atomic E-state index is 12.1. The fourth-order valence-corrected chi connectivity index (χ4v) is 3.10. The summed E-state index contributed by atoms with van der Waals surface area (Å²) in [7, 11) is 0. The highest BCUT2D eigenvalue weighted by Gasteiger charge is 2.21. The van der Waals surface area contributed by atoms with Crippen LogP contribution in [0.25, 0.3) is 11.7 Å². The number of amides is 2. The molecule has 2 amide bonds. The van der Waals surface area contributed by atoms with Crippen LogP contribution in [0.2, 0.25) is 0 Å². The second-order valence-corrected chi connectivity index (χ2v) is 6.34. The van der Waals surface area contributed by atoms with E-state index in [1.807, 2.05) is 53.1 Å². The van der Waals surface area contributed by atoms with Gasteiger partial charge >= 0.3 is 0 Å². The minimum atomic E-state index is -0.207. The summed E-state index contributed by atoms with van der Waals surface area (Å²) in [6, 6.07) is 13.2. The minimum absolute atomic E-state index is 0.165. The Morgan fingerprint density at radius 1 is 1.15 bits per heavy atom. The molecule has 4 rings (SSSR count). The van der Waals surface area contributed by atoms with E-state index in [1.165, 1.54) is 6.08 Å². The van der Waals surface area contributed by atoms with E-state index >= 15 is 0 Å². The molecular formula is C20H19N5O2. The molecule has 7 nitrogen and oxygen atoms in total. The Morgan fingerprint density at radius 2 is 2.00 bits per heavy atom. The third kappa shape index (κ3) is 3.72. The van der Waals surface area contributed by atoms with Crippen molar-refractivity contribution in [1.82, 2.24) is 19.9 Å². The largest absolute Gasteiger partial charge is 0.345 e. The molecular weight excluding hydrogens is 342 g/mol. The van der Waals surface area contributed by atoms with E-state index in [2.05, 4.69) is 15.5 Å². The molecule has 1 aliphatic heterocycles. The zero-order valence-corrected chi connectivity index (χ0v) is 14.7. The third-order valence-electron chi connectivity index (χ3n) is 4.51. The van der Waals surface area contributed by atoms with E-state index in [0.29, 0.717) is 18.8 Å². The van der Waals surface area contributed by atoms with Crippen LogP contribution in [0.15, 0.2) is 54.7 Å². The topological polar surface area (TPSA) is 79.6 Å². The molecule has 1 saturated heterocycles. The quantitative estimate of drug-likeness (QED) is 0.707. The number of hydrogen-bond acceptors (Lipinski definition) is 4. The van der Waals surface area contributed by atoms with E-state index in [1.54, 1.807) is 11.0 Å². The van der Waals surface area contributed by atoms with E-state index in [-0.39, 0.29) is 11.8 Å². The molecule has 136 valence electrons. The number of aromatic nitrogens is 3. The van der Waals surface area contributed by atoms with Crippen LogP contribution in [0.1, 0.15) is 24.2 Å². The predicted molar refractivity (Wildman–Crippen MR) is 102 cm³/mol. The van der Waals surface area contributed by atoms with Crippen LogP contribution < -0.4 is 10.2 Å². The highest BCUT2D eigenvalue weighted by atomic mass is 16.2. The lowest BCUT2D eigenvalue weighted by molar-refractivity contribution is -0.117. The average Bonchev–Trinajstić information content (AvgIpc) is 3.31. The Hall–Kier alpha value is -3.48. The molecule has 7 heteroatoms. The SMILES string of the molecule is O=C(C=Cc1ccc(N2CCCC2=O)cc1)NCc1nnc2ccccn12. The summed E-state index contributed by atoms with van der Waals surface area (Å²) in [5.74, 6) is 0.632. The van der Waals surface area contributed by atoms with Crippen molar-refractivity contribution in [1.29, 1.82) is 0 Å². The standard InChI is InChI=1S/C20H19N5O2/c26-19(21-14-18-23-22-17-4-1-2-12-25(17)18)11-8-15-6-9-16(10-7-15)24-13-3-5-20(24)27/h1-2,4,6-12H,3,5,13-14H2,(H,21,26). The van der Waals surface area contributed by atoms with Crippen molar-refractivity contribution >= 4 is 29.2 Å². The van der Waals surface area contributed by atoms with Crippen molar-refractivity contribution in [3.8, 4) is 0 Å². The maximum atomic E-state index is 12.1. The molecule has 0 spiro atoms. The second-order valence-electron chi connectivity index (χ2n) is 6.34. The first-order valence-corrected chi connectivity index (χ1v) is 8.86. The molecule has 1 fully saturated rings. The van der Waals surface area contributed by atoms with Crippen molar-refractivity contribution < 1.29 is 9.59 Å². The van der Waals surface area contributed by atoms with Gasteiger partial charge in [-0.1, -0.05) is 18.2 Å². The number of pyridine rings is 1. The smallest absolute Gasteiger partial charge is 0.244 e. The number of fused-ring (bicyclic) bond motifs is 1. The van der Waals surface area contributed by atoms with Gasteiger partial charge in [0, 0.05) is 30.9 Å². The molecule has 0 atom stereocenters. The number of carbonyl (C=O) groups excluding carboxylic acids is 2. The molecule has 0 aliphatic carbocycles. The molecule has 2 aromatic heterocycles. The van der Waals surface area contributed by atoms with E-state index < -0.39 is 0 Å². The van der Waals surface area contributed by atoms with E-state index in [0.717, 1.165) is 29.9 Å². The van der Waals surface area contributed by atoms with Gasteiger partial charge in [-0.3, -0.25) is 14.0 Å². The Kier molecular flexibility index (Phi) is 4.65. The summed E-state index contributed by atoms with van der Waals surface area (Å²) in [5, 5.41) is 10.9. The Balaban J connectivity index is 1.35. The number of rotatable bonds is 5. The maximum Gasteiger partial charge on any atom is 0.244 e. The summed E-state index contributed by atoms with van der Waals surface area (Å²) < 4.78 is 1.84. The lowest BCUT2D eigenvalue weighted by Gasteiger charge is -2.15. The molecule has 0 saturated carbocycles. The van der Waals surface area contributed by atoms with Gasteiger partial charge in [0.25, 0.3) is 0 Å². The van der Waals surface area contributed by atoms with E-state index in [9.17, 15) is 9.59 Å². The van der Waals surface area contributed by atoms with Crippen LogP contribution >= 0.6 is 0 Å². The van der Waals surface area contributed by atoms with Crippen molar-refractivity contribution in [3.05, 3.63) is 66.1 Å². The van der Waals surface area contributed by atoms with Gasteiger partial charge in [0.2, 0.25) is 11.8 Å². The van der Waals surface area contributed by atoms with Gasteiger partial charge in [0.1, 0.15) is 0 Å². The lowest BCUT2D eigenvalue weighted by Crippen LogP contribution is -2.23. The molecule has 0 unspecified atom stereocenters. The fourth-order valence-electron chi connectivity index (χ4n) is 3.10. The molecule has 0 radical (unpaired) electrons. The Labute approximate surface area is 156 Å². The first-order chi connectivity index (χ1) is 13.2. The Morgan fingerprint density at radius 3 is 2.78 bits per heavy atom. The predicted octanol–water partition coefficient (Wildman–Crippen LogP) is 2.19.